The molecule has 3 heteroatoms. The second-order valence-corrected chi connectivity index (χ2v) is 7.12. The van der Waals surface area contributed by atoms with Gasteiger partial charge in [0.1, 0.15) is 17.1 Å². The smallest absolute Gasteiger partial charge is 0.218 e. The highest BCUT2D eigenvalue weighted by Gasteiger charge is 2.11. The zero-order valence-corrected chi connectivity index (χ0v) is 16.7. The minimum absolute atomic E-state index is 0.812. The molecule has 3 nitrogen and oxygen atoms in total. The second-order valence-electron chi connectivity index (χ2n) is 7.12. The summed E-state index contributed by atoms with van der Waals surface area (Å²) >= 11 is 0. The van der Waals surface area contributed by atoms with Gasteiger partial charge in [-0.1, -0.05) is 23.8 Å². The third-order valence-corrected chi connectivity index (χ3v) is 5.17. The molecule has 0 atom stereocenters. The Morgan fingerprint density at radius 2 is 1.64 bits per heavy atom. The zero-order chi connectivity index (χ0) is 19.7. The Kier molecular flexibility index (Phi) is 4.74. The monoisotopic (exact) mass is 370 g/mol. The number of hydrogen-bond donors (Lipinski definition) is 1. The first-order valence-corrected chi connectivity index (χ1v) is 9.40. The van der Waals surface area contributed by atoms with Crippen LogP contribution in [0.25, 0.3) is 22.3 Å². The predicted octanol–water partition coefficient (Wildman–Crippen LogP) is 4.35. The Morgan fingerprint density at radius 1 is 0.857 bits per heavy atom. The summed E-state index contributed by atoms with van der Waals surface area (Å²) in [6.07, 6.45) is 0. The summed E-state index contributed by atoms with van der Waals surface area (Å²) in [6, 6.07) is 22.6. The van der Waals surface area contributed by atoms with Crippen LogP contribution in [0.3, 0.4) is 0 Å². The van der Waals surface area contributed by atoms with Crippen molar-refractivity contribution >= 4 is 16.7 Å². The molecule has 0 aliphatic carbocycles. The van der Waals surface area contributed by atoms with E-state index < -0.39 is 0 Å². The van der Waals surface area contributed by atoms with E-state index in [9.17, 15) is 0 Å². The van der Waals surface area contributed by atoms with Gasteiger partial charge in [-0.05, 0) is 62.7 Å². The van der Waals surface area contributed by atoms with Gasteiger partial charge in [-0.15, -0.1) is 0 Å². The molecule has 0 aliphatic heterocycles. The number of methoxy groups -OCH3 is 1. The van der Waals surface area contributed by atoms with Gasteiger partial charge in [0.2, 0.25) is 11.0 Å². The lowest BCUT2D eigenvalue weighted by Crippen LogP contribution is -2.70. The van der Waals surface area contributed by atoms with Crippen LogP contribution in [-0.4, -0.2) is 7.11 Å². The van der Waals surface area contributed by atoms with Crippen molar-refractivity contribution in [2.75, 3.05) is 7.11 Å². The number of hydrogen-bond acceptors (Lipinski definition) is 2. The lowest BCUT2D eigenvalue weighted by Gasteiger charge is -2.05. The van der Waals surface area contributed by atoms with E-state index in [0.717, 1.165) is 39.1 Å². The molecule has 140 valence electrons. The van der Waals surface area contributed by atoms with Gasteiger partial charge in [-0.2, -0.15) is 0 Å². The third kappa shape index (κ3) is 3.44. The molecule has 0 fully saturated rings. The van der Waals surface area contributed by atoms with E-state index in [4.69, 9.17) is 9.15 Å². The molecule has 0 unspecified atom stereocenters. The predicted molar refractivity (Wildman–Crippen MR) is 113 cm³/mol. The van der Waals surface area contributed by atoms with Crippen LogP contribution in [0.15, 0.2) is 71.1 Å². The average molecular weight is 370 g/mol. The van der Waals surface area contributed by atoms with Crippen LogP contribution in [-0.2, 0) is 0 Å². The van der Waals surface area contributed by atoms with Crippen molar-refractivity contribution in [1.29, 1.82) is 0 Å². The molecule has 28 heavy (non-hydrogen) atoms. The normalized spacial score (nSPS) is 11.8. The molecule has 0 spiro atoms. The maximum Gasteiger partial charge on any atom is 0.218 e. The second kappa shape index (κ2) is 7.35. The van der Waals surface area contributed by atoms with Crippen molar-refractivity contribution in [1.82, 2.24) is 0 Å². The van der Waals surface area contributed by atoms with E-state index in [-0.39, 0.29) is 0 Å². The highest BCUT2D eigenvalue weighted by Crippen LogP contribution is 2.24. The molecule has 0 bridgehead atoms. The van der Waals surface area contributed by atoms with Crippen molar-refractivity contribution in [3.05, 3.63) is 88.8 Å². The zero-order valence-electron chi connectivity index (χ0n) is 16.7. The Hall–Kier alpha value is -3.33. The summed E-state index contributed by atoms with van der Waals surface area (Å²) in [5.41, 5.74) is 6.68. The summed E-state index contributed by atoms with van der Waals surface area (Å²) in [5.74, 6) is 1.64. The standard InChI is InChI=1S/C25H23NO2/c1-16-8-13-24-21(14-16)23(26-22-7-5-6-17(2)18(22)3)15-25(28-24)19-9-11-20(27-4)12-10-19/h5-15H,1-4H3/p+1. The summed E-state index contributed by atoms with van der Waals surface area (Å²) < 4.78 is 11.5. The van der Waals surface area contributed by atoms with Crippen molar-refractivity contribution in [3.63, 3.8) is 0 Å². The maximum atomic E-state index is 6.23. The molecule has 1 aromatic heterocycles. The third-order valence-electron chi connectivity index (χ3n) is 5.17. The summed E-state index contributed by atoms with van der Waals surface area (Å²) in [7, 11) is 1.67. The van der Waals surface area contributed by atoms with Crippen LogP contribution in [0, 0.1) is 20.8 Å². The summed E-state index contributed by atoms with van der Waals surface area (Å²) in [5, 5.41) is 2.10. The molecule has 1 heterocycles. The molecule has 1 N–H and O–H groups in total. The maximum absolute atomic E-state index is 6.23. The van der Waals surface area contributed by atoms with Gasteiger partial charge >= 0.3 is 0 Å². The van der Waals surface area contributed by atoms with Gasteiger partial charge in [0.05, 0.1) is 18.6 Å². The summed E-state index contributed by atoms with van der Waals surface area (Å²) in [4.78, 5) is 3.63. The molecule has 0 saturated carbocycles. The molecule has 0 amide bonds. The lowest BCUT2D eigenvalue weighted by molar-refractivity contribution is -0.401. The van der Waals surface area contributed by atoms with Crippen LogP contribution in [0.5, 0.6) is 5.75 Å². The molecule has 3 aromatic carbocycles. The first kappa shape index (κ1) is 18.1. The first-order chi connectivity index (χ1) is 13.5. The number of aryl methyl sites for hydroxylation is 2. The SMILES string of the molecule is COc1ccc(-c2cc(=[NH+]c3cccc(C)c3C)c3cc(C)ccc3o2)cc1. The molecule has 0 radical (unpaired) electrons. The van der Waals surface area contributed by atoms with Crippen LogP contribution in [0.4, 0.5) is 5.69 Å². The minimum Gasteiger partial charge on any atom is -0.497 e. The van der Waals surface area contributed by atoms with Gasteiger partial charge < -0.3 is 9.15 Å². The molecule has 4 aromatic rings. The Bertz CT molecular complexity index is 1220. The Morgan fingerprint density at radius 3 is 2.39 bits per heavy atom. The van der Waals surface area contributed by atoms with E-state index in [1.165, 1.54) is 16.7 Å². The Balaban J connectivity index is 1.98. The highest BCUT2D eigenvalue weighted by atomic mass is 16.5. The van der Waals surface area contributed by atoms with E-state index in [1.54, 1.807) is 7.11 Å². The Labute approximate surface area is 165 Å². The van der Waals surface area contributed by atoms with Crippen molar-refractivity contribution in [2.45, 2.75) is 20.8 Å². The van der Waals surface area contributed by atoms with Crippen LogP contribution in [0.2, 0.25) is 0 Å². The minimum atomic E-state index is 0.812. The average Bonchev–Trinajstić information content (AvgIpc) is 2.71. The first-order valence-electron chi connectivity index (χ1n) is 9.40. The van der Waals surface area contributed by atoms with Crippen LogP contribution < -0.4 is 15.1 Å². The quantitative estimate of drug-likeness (QED) is 0.582. The fourth-order valence-electron chi connectivity index (χ4n) is 3.33. The lowest BCUT2D eigenvalue weighted by atomic mass is 10.1. The molecule has 0 saturated heterocycles. The van der Waals surface area contributed by atoms with Crippen molar-refractivity contribution in [2.24, 2.45) is 0 Å². The van der Waals surface area contributed by atoms with Gasteiger partial charge in [-0.25, -0.2) is 4.99 Å². The number of rotatable bonds is 3. The number of benzene rings is 3. The number of fused-ring (bicyclic) bond motifs is 1. The molecule has 0 aliphatic rings. The van der Waals surface area contributed by atoms with E-state index >= 15 is 0 Å². The fourth-order valence-corrected chi connectivity index (χ4v) is 3.33. The van der Waals surface area contributed by atoms with Crippen molar-refractivity contribution < 1.29 is 14.1 Å². The van der Waals surface area contributed by atoms with E-state index in [1.807, 2.05) is 30.3 Å². The number of nitrogens with one attached hydrogen (secondary N) is 1. The van der Waals surface area contributed by atoms with Gasteiger partial charge in [-0.3, -0.25) is 0 Å². The van der Waals surface area contributed by atoms with Crippen LogP contribution >= 0.6 is 0 Å². The number of ether oxygens (including phenoxy) is 1. The topological polar surface area (TPSA) is 36.3 Å². The summed E-state index contributed by atoms with van der Waals surface area (Å²) in [6.45, 7) is 6.37. The van der Waals surface area contributed by atoms with Gasteiger partial charge in [0, 0.05) is 17.2 Å². The fraction of sp³-hybridized carbons (Fsp3) is 0.160. The molecular weight excluding hydrogens is 346 g/mol. The molecular formula is C25H24NO2+. The molecule has 4 rings (SSSR count). The van der Waals surface area contributed by atoms with E-state index in [2.05, 4.69) is 62.2 Å². The van der Waals surface area contributed by atoms with Crippen LogP contribution in [0.1, 0.15) is 16.7 Å². The largest absolute Gasteiger partial charge is 0.497 e. The highest BCUT2D eigenvalue weighted by molar-refractivity contribution is 5.78. The van der Waals surface area contributed by atoms with E-state index in [0.29, 0.717) is 0 Å². The van der Waals surface area contributed by atoms with Crippen molar-refractivity contribution in [3.8, 4) is 17.1 Å². The van der Waals surface area contributed by atoms with Gasteiger partial charge in [0.25, 0.3) is 0 Å². The van der Waals surface area contributed by atoms with Gasteiger partial charge in [0.15, 0.2) is 0 Å².